The zero-order valence-corrected chi connectivity index (χ0v) is 10.9. The molecular formula is C12H12BrFN2O. The zero-order valence-electron chi connectivity index (χ0n) is 9.34. The van der Waals surface area contributed by atoms with Crippen molar-refractivity contribution in [3.8, 4) is 6.07 Å². The van der Waals surface area contributed by atoms with Gasteiger partial charge in [0.05, 0.1) is 10.5 Å². The zero-order chi connectivity index (χ0) is 12.8. The molecule has 0 fully saturated rings. The van der Waals surface area contributed by atoms with Crippen LogP contribution in [0.1, 0.15) is 30.1 Å². The molecule has 0 aliphatic heterocycles. The average molecular weight is 299 g/mol. The quantitative estimate of drug-likeness (QED) is 0.929. The van der Waals surface area contributed by atoms with Crippen molar-refractivity contribution >= 4 is 21.8 Å². The van der Waals surface area contributed by atoms with E-state index in [1.807, 2.05) is 13.0 Å². The number of halogens is 2. The van der Waals surface area contributed by atoms with E-state index >= 15 is 0 Å². The number of nitrogens with one attached hydrogen (secondary N) is 1. The van der Waals surface area contributed by atoms with Gasteiger partial charge in [-0.2, -0.15) is 5.26 Å². The SMILES string of the molecule is CCCC(C#N)NC(=O)c1ccc(Br)c(F)c1. The first kappa shape index (κ1) is 13.7. The molecule has 1 atom stereocenters. The van der Waals surface area contributed by atoms with Crippen LogP contribution in [0.2, 0.25) is 0 Å². The number of hydrogen-bond donors (Lipinski definition) is 1. The van der Waals surface area contributed by atoms with Gasteiger partial charge in [-0.25, -0.2) is 4.39 Å². The van der Waals surface area contributed by atoms with Gasteiger partial charge in [-0.3, -0.25) is 4.79 Å². The number of nitrogens with zero attached hydrogens (tertiary/aromatic N) is 1. The van der Waals surface area contributed by atoms with E-state index in [4.69, 9.17) is 5.26 Å². The lowest BCUT2D eigenvalue weighted by molar-refractivity contribution is 0.0943. The van der Waals surface area contributed by atoms with Gasteiger partial charge in [0.2, 0.25) is 0 Å². The molecule has 90 valence electrons. The number of benzene rings is 1. The molecule has 0 heterocycles. The lowest BCUT2D eigenvalue weighted by Gasteiger charge is -2.10. The summed E-state index contributed by atoms with van der Waals surface area (Å²) < 4.78 is 13.5. The maximum absolute atomic E-state index is 13.2. The fourth-order valence-electron chi connectivity index (χ4n) is 1.34. The van der Waals surface area contributed by atoms with Gasteiger partial charge in [-0.05, 0) is 40.5 Å². The van der Waals surface area contributed by atoms with E-state index in [9.17, 15) is 9.18 Å². The average Bonchev–Trinajstić information content (AvgIpc) is 2.31. The highest BCUT2D eigenvalue weighted by atomic mass is 79.9. The summed E-state index contributed by atoms with van der Waals surface area (Å²) in [4.78, 5) is 11.7. The Hall–Kier alpha value is -1.41. The molecule has 1 amide bonds. The Balaban J connectivity index is 2.76. The number of nitriles is 1. The van der Waals surface area contributed by atoms with E-state index in [-0.39, 0.29) is 5.56 Å². The summed E-state index contributed by atoms with van der Waals surface area (Å²) in [6.07, 6.45) is 1.38. The van der Waals surface area contributed by atoms with Crippen LogP contribution in [-0.4, -0.2) is 11.9 Å². The highest BCUT2D eigenvalue weighted by Crippen LogP contribution is 2.16. The van der Waals surface area contributed by atoms with Crippen LogP contribution in [0.5, 0.6) is 0 Å². The van der Waals surface area contributed by atoms with Crippen LogP contribution in [0, 0.1) is 17.1 Å². The Bertz CT molecular complexity index is 456. The molecule has 1 aromatic rings. The molecule has 0 bridgehead atoms. The fraction of sp³-hybridized carbons (Fsp3) is 0.333. The van der Waals surface area contributed by atoms with Crippen molar-refractivity contribution in [2.75, 3.05) is 0 Å². The van der Waals surface area contributed by atoms with Crippen LogP contribution < -0.4 is 5.32 Å². The van der Waals surface area contributed by atoms with Crippen molar-refractivity contribution in [2.45, 2.75) is 25.8 Å². The first-order chi connectivity index (χ1) is 8.08. The van der Waals surface area contributed by atoms with Gasteiger partial charge in [0.15, 0.2) is 0 Å². The number of carbonyl (C=O) groups is 1. The first-order valence-electron chi connectivity index (χ1n) is 5.24. The predicted molar refractivity (Wildman–Crippen MR) is 65.9 cm³/mol. The molecule has 3 nitrogen and oxygen atoms in total. The fourth-order valence-corrected chi connectivity index (χ4v) is 1.58. The Morgan fingerprint density at radius 3 is 2.88 bits per heavy atom. The summed E-state index contributed by atoms with van der Waals surface area (Å²) in [5, 5.41) is 11.4. The van der Waals surface area contributed by atoms with Crippen LogP contribution in [0.25, 0.3) is 0 Å². The second-order valence-corrected chi connectivity index (χ2v) is 4.43. The van der Waals surface area contributed by atoms with Gasteiger partial charge in [-0.15, -0.1) is 0 Å². The van der Waals surface area contributed by atoms with E-state index in [1.54, 1.807) is 0 Å². The number of amides is 1. The summed E-state index contributed by atoms with van der Waals surface area (Å²) in [5.41, 5.74) is 0.210. The number of rotatable bonds is 4. The standard InChI is InChI=1S/C12H12BrFN2O/c1-2-3-9(7-15)16-12(17)8-4-5-10(13)11(14)6-8/h4-6,9H,2-3H2,1H3,(H,16,17). The second-order valence-electron chi connectivity index (χ2n) is 3.57. The van der Waals surface area contributed by atoms with Crippen LogP contribution >= 0.6 is 15.9 Å². The molecule has 0 aliphatic carbocycles. The molecule has 1 aromatic carbocycles. The summed E-state index contributed by atoms with van der Waals surface area (Å²) >= 11 is 3.01. The third-order valence-electron chi connectivity index (χ3n) is 2.22. The highest BCUT2D eigenvalue weighted by Gasteiger charge is 2.13. The van der Waals surface area contributed by atoms with Crippen molar-refractivity contribution in [3.63, 3.8) is 0 Å². The Morgan fingerprint density at radius 1 is 1.65 bits per heavy atom. The van der Waals surface area contributed by atoms with Crippen molar-refractivity contribution in [1.82, 2.24) is 5.32 Å². The van der Waals surface area contributed by atoms with Crippen LogP contribution in [0.4, 0.5) is 4.39 Å². The third kappa shape index (κ3) is 3.82. The predicted octanol–water partition coefficient (Wildman–Crippen LogP) is 3.01. The molecule has 0 spiro atoms. The maximum atomic E-state index is 13.2. The topological polar surface area (TPSA) is 52.9 Å². The summed E-state index contributed by atoms with van der Waals surface area (Å²) in [6, 6.07) is 5.57. The Morgan fingerprint density at radius 2 is 2.35 bits per heavy atom. The molecule has 1 rings (SSSR count). The van der Waals surface area contributed by atoms with Crippen molar-refractivity contribution in [1.29, 1.82) is 5.26 Å². The maximum Gasteiger partial charge on any atom is 0.252 e. The molecule has 1 unspecified atom stereocenters. The first-order valence-corrected chi connectivity index (χ1v) is 6.03. The van der Waals surface area contributed by atoms with Gasteiger partial charge < -0.3 is 5.32 Å². The molecule has 0 aliphatic rings. The van der Waals surface area contributed by atoms with Gasteiger partial charge >= 0.3 is 0 Å². The lowest BCUT2D eigenvalue weighted by atomic mass is 10.1. The van der Waals surface area contributed by atoms with Crippen molar-refractivity contribution in [3.05, 3.63) is 34.1 Å². The van der Waals surface area contributed by atoms with E-state index < -0.39 is 17.8 Å². The molecule has 0 radical (unpaired) electrons. The minimum absolute atomic E-state index is 0.210. The molecule has 0 saturated carbocycles. The van der Waals surface area contributed by atoms with Crippen LogP contribution in [0.15, 0.2) is 22.7 Å². The molecule has 17 heavy (non-hydrogen) atoms. The smallest absolute Gasteiger partial charge is 0.252 e. The normalized spacial score (nSPS) is 11.6. The summed E-state index contributed by atoms with van der Waals surface area (Å²) in [6.45, 7) is 1.93. The van der Waals surface area contributed by atoms with Gasteiger partial charge in [0, 0.05) is 5.56 Å². The molecule has 1 N–H and O–H groups in total. The highest BCUT2D eigenvalue weighted by molar-refractivity contribution is 9.10. The van der Waals surface area contributed by atoms with Crippen LogP contribution in [0.3, 0.4) is 0 Å². The van der Waals surface area contributed by atoms with E-state index in [2.05, 4.69) is 21.2 Å². The van der Waals surface area contributed by atoms with Crippen molar-refractivity contribution in [2.24, 2.45) is 0 Å². The third-order valence-corrected chi connectivity index (χ3v) is 2.86. The van der Waals surface area contributed by atoms with E-state index in [1.165, 1.54) is 12.1 Å². The molecule has 0 saturated heterocycles. The van der Waals surface area contributed by atoms with E-state index in [0.717, 1.165) is 12.5 Å². The van der Waals surface area contributed by atoms with Gasteiger partial charge in [0.1, 0.15) is 11.9 Å². The largest absolute Gasteiger partial charge is 0.336 e. The molecular weight excluding hydrogens is 287 g/mol. The second kappa shape index (κ2) is 6.36. The minimum Gasteiger partial charge on any atom is -0.336 e. The summed E-state index contributed by atoms with van der Waals surface area (Å²) in [7, 11) is 0. The number of hydrogen-bond acceptors (Lipinski definition) is 2. The lowest BCUT2D eigenvalue weighted by Crippen LogP contribution is -2.33. The summed E-state index contributed by atoms with van der Waals surface area (Å²) in [5.74, 6) is -0.932. The van der Waals surface area contributed by atoms with Gasteiger partial charge in [0.25, 0.3) is 5.91 Å². The molecule has 0 aromatic heterocycles. The van der Waals surface area contributed by atoms with Crippen LogP contribution in [-0.2, 0) is 0 Å². The van der Waals surface area contributed by atoms with Gasteiger partial charge in [-0.1, -0.05) is 13.3 Å². The Labute approximate surface area is 108 Å². The Kier molecular flexibility index (Phi) is 5.11. The van der Waals surface area contributed by atoms with Crippen molar-refractivity contribution < 1.29 is 9.18 Å². The van der Waals surface area contributed by atoms with E-state index in [0.29, 0.717) is 10.9 Å². The molecule has 5 heteroatoms. The number of carbonyl (C=O) groups excluding carboxylic acids is 1. The minimum atomic E-state index is -0.529. The monoisotopic (exact) mass is 298 g/mol.